The summed E-state index contributed by atoms with van der Waals surface area (Å²) in [6, 6.07) is 25.7. The molecule has 0 bridgehead atoms. The smallest absolute Gasteiger partial charge is 0.410 e. The van der Waals surface area contributed by atoms with E-state index < -0.39 is 5.60 Å². The summed E-state index contributed by atoms with van der Waals surface area (Å²) in [6.45, 7) is 10.1. The van der Waals surface area contributed by atoms with Gasteiger partial charge in [0, 0.05) is 31.9 Å². The van der Waals surface area contributed by atoms with Crippen LogP contribution in [0.5, 0.6) is 0 Å². The molecule has 1 fully saturated rings. The molecule has 4 aromatic rings. The van der Waals surface area contributed by atoms with Crippen LogP contribution >= 0.6 is 0 Å². The molecule has 0 spiro atoms. The number of benzene rings is 3. The number of amides is 1. The largest absolute Gasteiger partial charge is 0.444 e. The summed E-state index contributed by atoms with van der Waals surface area (Å²) in [5, 5.41) is 0.587. The number of carbonyl (C=O) groups is 1. The number of anilines is 1. The summed E-state index contributed by atoms with van der Waals surface area (Å²) in [7, 11) is 0. The second-order valence-electron chi connectivity index (χ2n) is 10.7. The summed E-state index contributed by atoms with van der Waals surface area (Å²) in [4.78, 5) is 35.2. The summed E-state index contributed by atoms with van der Waals surface area (Å²) in [5.41, 5.74) is 3.16. The first-order chi connectivity index (χ1) is 18.2. The van der Waals surface area contributed by atoms with E-state index in [0.717, 1.165) is 16.8 Å². The number of hydrogen-bond donors (Lipinski definition) is 0. The molecule has 0 radical (unpaired) electrons. The van der Waals surface area contributed by atoms with Crippen molar-refractivity contribution in [2.45, 2.75) is 39.3 Å². The monoisotopic (exact) mass is 510 g/mol. The fraction of sp³-hybridized carbons (Fsp3) is 0.323. The fourth-order valence-electron chi connectivity index (χ4n) is 5.03. The van der Waals surface area contributed by atoms with Gasteiger partial charge in [-0.05, 0) is 57.0 Å². The van der Waals surface area contributed by atoms with Gasteiger partial charge in [-0.25, -0.2) is 9.78 Å². The number of fused-ring (bicyclic) bond motifs is 1. The third-order valence-electron chi connectivity index (χ3n) is 6.85. The maximum Gasteiger partial charge on any atom is 0.410 e. The molecule has 1 amide bonds. The predicted molar refractivity (Wildman–Crippen MR) is 151 cm³/mol. The van der Waals surface area contributed by atoms with Gasteiger partial charge in [0.15, 0.2) is 0 Å². The highest BCUT2D eigenvalue weighted by Crippen LogP contribution is 2.28. The summed E-state index contributed by atoms with van der Waals surface area (Å²) >= 11 is 0. The quantitative estimate of drug-likeness (QED) is 0.368. The van der Waals surface area contributed by atoms with Crippen molar-refractivity contribution in [3.8, 4) is 0 Å². The van der Waals surface area contributed by atoms with Gasteiger partial charge in [0.2, 0.25) is 0 Å². The van der Waals surface area contributed by atoms with Gasteiger partial charge in [-0.15, -0.1) is 0 Å². The van der Waals surface area contributed by atoms with Crippen molar-refractivity contribution in [2.24, 2.45) is 0 Å². The molecular weight excluding hydrogens is 476 g/mol. The Morgan fingerprint density at radius 2 is 1.45 bits per heavy atom. The molecule has 38 heavy (non-hydrogen) atoms. The third kappa shape index (κ3) is 5.28. The standard InChI is InChI=1S/C31H34N4O3/c1-22-32-27-21-25(33-17-19-34(20-18-33)30(37)38-31(2,3)4)15-16-26(27)29(36)35(22)28(23-11-7-5-8-12-23)24-13-9-6-10-14-24/h5-16,21,28H,17-20H2,1-4H3. The predicted octanol–water partition coefficient (Wildman–Crippen LogP) is 5.40. The molecule has 0 aliphatic carbocycles. The highest BCUT2D eigenvalue weighted by Gasteiger charge is 2.27. The van der Waals surface area contributed by atoms with E-state index in [1.807, 2.05) is 107 Å². The number of aryl methyl sites for hydroxylation is 1. The fourth-order valence-corrected chi connectivity index (χ4v) is 5.03. The molecule has 0 atom stereocenters. The van der Waals surface area contributed by atoms with Gasteiger partial charge in [-0.2, -0.15) is 0 Å². The van der Waals surface area contributed by atoms with Crippen molar-refractivity contribution in [1.82, 2.24) is 14.5 Å². The van der Waals surface area contributed by atoms with E-state index in [1.54, 1.807) is 9.47 Å². The van der Waals surface area contributed by atoms with Crippen molar-refractivity contribution < 1.29 is 9.53 Å². The molecule has 5 rings (SSSR count). The molecule has 3 aromatic carbocycles. The van der Waals surface area contributed by atoms with E-state index in [2.05, 4.69) is 4.90 Å². The Morgan fingerprint density at radius 3 is 2.00 bits per heavy atom. The zero-order chi connectivity index (χ0) is 26.9. The minimum atomic E-state index is -0.511. The van der Waals surface area contributed by atoms with Gasteiger partial charge >= 0.3 is 6.09 Å². The van der Waals surface area contributed by atoms with Gasteiger partial charge in [0.1, 0.15) is 11.4 Å². The average Bonchev–Trinajstić information content (AvgIpc) is 2.91. The summed E-state index contributed by atoms with van der Waals surface area (Å²) in [6.07, 6.45) is -0.278. The number of piperazine rings is 1. The van der Waals surface area contributed by atoms with Crippen molar-refractivity contribution in [3.05, 3.63) is 106 Å². The van der Waals surface area contributed by atoms with E-state index in [4.69, 9.17) is 9.72 Å². The molecule has 0 unspecified atom stereocenters. The first kappa shape index (κ1) is 25.5. The Kier molecular flexibility index (Phi) is 6.93. The van der Waals surface area contributed by atoms with Gasteiger partial charge in [-0.3, -0.25) is 9.36 Å². The highest BCUT2D eigenvalue weighted by atomic mass is 16.6. The second kappa shape index (κ2) is 10.3. The molecule has 7 nitrogen and oxygen atoms in total. The van der Waals surface area contributed by atoms with Crippen LogP contribution in [0.1, 0.15) is 43.8 Å². The van der Waals surface area contributed by atoms with Crippen LogP contribution < -0.4 is 10.5 Å². The molecule has 1 saturated heterocycles. The van der Waals surface area contributed by atoms with E-state index >= 15 is 0 Å². The minimum Gasteiger partial charge on any atom is -0.444 e. The van der Waals surface area contributed by atoms with Gasteiger partial charge < -0.3 is 14.5 Å². The van der Waals surface area contributed by atoms with Crippen LogP contribution in [-0.4, -0.2) is 52.3 Å². The van der Waals surface area contributed by atoms with Crippen LogP contribution in [-0.2, 0) is 4.74 Å². The van der Waals surface area contributed by atoms with Crippen LogP contribution in [0, 0.1) is 6.92 Å². The third-order valence-corrected chi connectivity index (χ3v) is 6.85. The molecule has 0 N–H and O–H groups in total. The van der Waals surface area contributed by atoms with E-state index in [1.165, 1.54) is 0 Å². The number of nitrogens with zero attached hydrogens (tertiary/aromatic N) is 4. The molecule has 196 valence electrons. The normalized spacial score (nSPS) is 14.2. The molecule has 1 aromatic heterocycles. The molecule has 1 aliphatic heterocycles. The molecule has 0 saturated carbocycles. The molecule has 7 heteroatoms. The van der Waals surface area contributed by atoms with Crippen LogP contribution in [0.4, 0.5) is 10.5 Å². The zero-order valence-corrected chi connectivity index (χ0v) is 22.4. The van der Waals surface area contributed by atoms with Crippen LogP contribution in [0.2, 0.25) is 0 Å². The molecular formula is C31H34N4O3. The number of hydrogen-bond acceptors (Lipinski definition) is 5. The van der Waals surface area contributed by atoms with E-state index in [0.29, 0.717) is 42.9 Å². The van der Waals surface area contributed by atoms with E-state index in [-0.39, 0.29) is 17.7 Å². The Bertz CT molecular complexity index is 1450. The maximum absolute atomic E-state index is 13.9. The van der Waals surface area contributed by atoms with Crippen LogP contribution in [0.3, 0.4) is 0 Å². The maximum atomic E-state index is 13.9. The summed E-state index contributed by atoms with van der Waals surface area (Å²) < 4.78 is 7.32. The lowest BCUT2D eigenvalue weighted by Gasteiger charge is -2.36. The van der Waals surface area contributed by atoms with Crippen molar-refractivity contribution in [2.75, 3.05) is 31.1 Å². The Morgan fingerprint density at radius 1 is 0.868 bits per heavy atom. The number of rotatable bonds is 4. The van der Waals surface area contributed by atoms with Crippen LogP contribution in [0.25, 0.3) is 10.9 Å². The lowest BCUT2D eigenvalue weighted by atomic mass is 9.98. The minimum absolute atomic E-state index is 0.0634. The van der Waals surface area contributed by atoms with Crippen LogP contribution in [0.15, 0.2) is 83.7 Å². The average molecular weight is 511 g/mol. The number of carbonyl (C=O) groups excluding carboxylic acids is 1. The first-order valence-electron chi connectivity index (χ1n) is 13.1. The number of ether oxygens (including phenoxy) is 1. The van der Waals surface area contributed by atoms with E-state index in [9.17, 15) is 9.59 Å². The van der Waals surface area contributed by atoms with Crippen molar-refractivity contribution in [1.29, 1.82) is 0 Å². The lowest BCUT2D eigenvalue weighted by Crippen LogP contribution is -2.50. The Hall–Kier alpha value is -4.13. The Balaban J connectivity index is 1.45. The number of aromatic nitrogens is 2. The topological polar surface area (TPSA) is 67.7 Å². The summed E-state index contributed by atoms with van der Waals surface area (Å²) in [5.74, 6) is 0.659. The highest BCUT2D eigenvalue weighted by molar-refractivity contribution is 5.82. The molecule has 1 aliphatic rings. The van der Waals surface area contributed by atoms with Gasteiger partial charge in [0.05, 0.1) is 16.9 Å². The first-order valence-corrected chi connectivity index (χ1v) is 13.1. The SMILES string of the molecule is Cc1nc2cc(N3CCN(C(=O)OC(C)(C)C)CC3)ccc2c(=O)n1C(c1ccccc1)c1ccccc1. The van der Waals surface area contributed by atoms with Crippen molar-refractivity contribution >= 4 is 22.7 Å². The zero-order valence-electron chi connectivity index (χ0n) is 22.4. The molecule has 2 heterocycles. The van der Waals surface area contributed by atoms with Gasteiger partial charge in [-0.1, -0.05) is 60.7 Å². The Labute approximate surface area is 223 Å². The van der Waals surface area contributed by atoms with Gasteiger partial charge in [0.25, 0.3) is 5.56 Å². The van der Waals surface area contributed by atoms with Crippen molar-refractivity contribution in [3.63, 3.8) is 0 Å². The lowest BCUT2D eigenvalue weighted by molar-refractivity contribution is 0.0240. The second-order valence-corrected chi connectivity index (χ2v) is 10.7.